The zero-order chi connectivity index (χ0) is 14.7. The summed E-state index contributed by atoms with van der Waals surface area (Å²) in [6.45, 7) is 3.51. The molecule has 0 bridgehead atoms. The molecule has 3 rings (SSSR count). The lowest BCUT2D eigenvalue weighted by Crippen LogP contribution is -2.18. The van der Waals surface area contributed by atoms with Crippen molar-refractivity contribution >= 4 is 11.6 Å². The second-order valence-corrected chi connectivity index (χ2v) is 6.19. The predicted octanol–water partition coefficient (Wildman–Crippen LogP) is 3.98. The van der Waals surface area contributed by atoms with E-state index in [2.05, 4.69) is 29.2 Å². The summed E-state index contributed by atoms with van der Waals surface area (Å²) in [6, 6.07) is 16.3. The van der Waals surface area contributed by atoms with Gasteiger partial charge in [0.1, 0.15) is 0 Å². The van der Waals surface area contributed by atoms with Gasteiger partial charge in [-0.3, -0.25) is 4.90 Å². The van der Waals surface area contributed by atoms with Crippen molar-refractivity contribution < 1.29 is 0 Å². The van der Waals surface area contributed by atoms with Crippen LogP contribution in [0.15, 0.2) is 48.5 Å². The summed E-state index contributed by atoms with van der Waals surface area (Å²) >= 11 is 5.92. The van der Waals surface area contributed by atoms with Crippen molar-refractivity contribution in [1.29, 1.82) is 0 Å². The summed E-state index contributed by atoms with van der Waals surface area (Å²) in [6.07, 6.45) is 2.67. The van der Waals surface area contributed by atoms with Gasteiger partial charge in [0, 0.05) is 11.6 Å². The van der Waals surface area contributed by atoms with Crippen molar-refractivity contribution in [2.75, 3.05) is 13.1 Å². The number of benzene rings is 2. The zero-order valence-corrected chi connectivity index (χ0v) is 12.9. The summed E-state index contributed by atoms with van der Waals surface area (Å²) in [5.41, 5.74) is 9.92. The van der Waals surface area contributed by atoms with E-state index in [1.807, 2.05) is 24.3 Å². The molecule has 21 heavy (non-hydrogen) atoms. The molecule has 110 valence electrons. The smallest absolute Gasteiger partial charge is 0.0551 e. The third kappa shape index (κ3) is 3.65. The molecular weight excluding hydrogens is 280 g/mol. The lowest BCUT2D eigenvalue weighted by molar-refractivity contribution is 0.331. The molecule has 1 heterocycles. The molecule has 3 heteroatoms. The first kappa shape index (κ1) is 14.6. The molecule has 1 saturated heterocycles. The van der Waals surface area contributed by atoms with Crippen molar-refractivity contribution in [2.45, 2.75) is 25.4 Å². The fourth-order valence-corrected chi connectivity index (χ4v) is 3.02. The summed E-state index contributed by atoms with van der Waals surface area (Å²) in [5.74, 6) is 0. The Morgan fingerprint density at radius 2 is 1.43 bits per heavy atom. The monoisotopic (exact) mass is 300 g/mol. The lowest BCUT2D eigenvalue weighted by Gasteiger charge is -2.16. The van der Waals surface area contributed by atoms with Crippen LogP contribution in [0, 0.1) is 0 Å². The standard InChI is InChI=1S/C18H21ClN2/c19-17-9-7-16(8-10-17)18(20)15-5-3-14(4-6-15)13-21-11-1-2-12-21/h3-10,18H,1-2,11-13,20H2/t18-/m1/s1. The van der Waals surface area contributed by atoms with Gasteiger partial charge in [-0.05, 0) is 54.8 Å². The van der Waals surface area contributed by atoms with Crippen LogP contribution in [0.25, 0.3) is 0 Å². The minimum absolute atomic E-state index is 0.0943. The van der Waals surface area contributed by atoms with Crippen LogP contribution >= 0.6 is 11.6 Å². The second kappa shape index (κ2) is 6.61. The minimum atomic E-state index is -0.0943. The van der Waals surface area contributed by atoms with Crippen LogP contribution in [0.2, 0.25) is 5.02 Å². The molecule has 0 radical (unpaired) electrons. The van der Waals surface area contributed by atoms with Crippen molar-refractivity contribution in [2.24, 2.45) is 5.73 Å². The number of hydrogen-bond donors (Lipinski definition) is 1. The molecule has 1 atom stereocenters. The highest BCUT2D eigenvalue weighted by Crippen LogP contribution is 2.22. The molecule has 2 aromatic rings. The molecule has 2 nitrogen and oxygen atoms in total. The van der Waals surface area contributed by atoms with Gasteiger partial charge in [-0.1, -0.05) is 48.0 Å². The topological polar surface area (TPSA) is 29.3 Å². The highest BCUT2D eigenvalue weighted by molar-refractivity contribution is 6.30. The number of nitrogens with two attached hydrogens (primary N) is 1. The van der Waals surface area contributed by atoms with Gasteiger partial charge >= 0.3 is 0 Å². The number of halogens is 1. The van der Waals surface area contributed by atoms with Crippen molar-refractivity contribution in [1.82, 2.24) is 4.90 Å². The Bertz CT molecular complexity index is 571. The normalized spacial score (nSPS) is 17.0. The zero-order valence-electron chi connectivity index (χ0n) is 12.1. The van der Waals surface area contributed by atoms with Gasteiger partial charge in [0.2, 0.25) is 0 Å². The molecule has 0 unspecified atom stereocenters. The SMILES string of the molecule is N[C@@H](c1ccc(Cl)cc1)c1ccc(CN2CCCC2)cc1. The maximum Gasteiger partial charge on any atom is 0.0551 e. The van der Waals surface area contributed by atoms with E-state index in [4.69, 9.17) is 17.3 Å². The third-order valence-electron chi connectivity index (χ3n) is 4.17. The molecule has 2 aromatic carbocycles. The Hall–Kier alpha value is -1.35. The van der Waals surface area contributed by atoms with Crippen molar-refractivity contribution in [3.05, 3.63) is 70.2 Å². The van der Waals surface area contributed by atoms with Crippen LogP contribution in [0.4, 0.5) is 0 Å². The van der Waals surface area contributed by atoms with Gasteiger partial charge in [-0.15, -0.1) is 0 Å². The summed E-state index contributed by atoms with van der Waals surface area (Å²) < 4.78 is 0. The van der Waals surface area contributed by atoms with E-state index in [9.17, 15) is 0 Å². The summed E-state index contributed by atoms with van der Waals surface area (Å²) in [7, 11) is 0. The van der Waals surface area contributed by atoms with E-state index in [0.29, 0.717) is 0 Å². The largest absolute Gasteiger partial charge is 0.320 e. The van der Waals surface area contributed by atoms with Crippen LogP contribution in [-0.4, -0.2) is 18.0 Å². The van der Waals surface area contributed by atoms with Gasteiger partial charge in [0.15, 0.2) is 0 Å². The fourth-order valence-electron chi connectivity index (χ4n) is 2.89. The fraction of sp³-hybridized carbons (Fsp3) is 0.333. The number of likely N-dealkylation sites (tertiary alicyclic amines) is 1. The summed E-state index contributed by atoms with van der Waals surface area (Å²) in [4.78, 5) is 2.51. The van der Waals surface area contributed by atoms with Crippen LogP contribution in [0.1, 0.15) is 35.6 Å². The second-order valence-electron chi connectivity index (χ2n) is 5.75. The number of rotatable bonds is 4. The van der Waals surface area contributed by atoms with Crippen molar-refractivity contribution in [3.63, 3.8) is 0 Å². The number of nitrogens with zero attached hydrogens (tertiary/aromatic N) is 1. The lowest BCUT2D eigenvalue weighted by atomic mass is 9.98. The maximum atomic E-state index is 6.33. The first-order valence-electron chi connectivity index (χ1n) is 7.54. The molecule has 0 amide bonds. The van der Waals surface area contributed by atoms with Gasteiger partial charge < -0.3 is 5.73 Å². The predicted molar refractivity (Wildman–Crippen MR) is 88.4 cm³/mol. The Morgan fingerprint density at radius 1 is 0.905 bits per heavy atom. The Kier molecular flexibility index (Phi) is 4.59. The van der Waals surface area contributed by atoms with Gasteiger partial charge in [-0.25, -0.2) is 0 Å². The molecular formula is C18H21ClN2. The average molecular weight is 301 g/mol. The van der Waals surface area contributed by atoms with Crippen LogP contribution in [-0.2, 0) is 6.54 Å². The molecule has 1 aliphatic heterocycles. The van der Waals surface area contributed by atoms with E-state index in [1.54, 1.807) is 0 Å². The van der Waals surface area contributed by atoms with E-state index in [1.165, 1.54) is 31.5 Å². The molecule has 0 saturated carbocycles. The van der Waals surface area contributed by atoms with Gasteiger partial charge in [-0.2, -0.15) is 0 Å². The molecule has 0 spiro atoms. The van der Waals surface area contributed by atoms with E-state index in [0.717, 1.165) is 22.7 Å². The third-order valence-corrected chi connectivity index (χ3v) is 4.42. The van der Waals surface area contributed by atoms with Gasteiger partial charge in [0.05, 0.1) is 6.04 Å². The Morgan fingerprint density at radius 3 is 2.00 bits per heavy atom. The molecule has 1 fully saturated rings. The first-order chi connectivity index (χ1) is 10.2. The molecule has 2 N–H and O–H groups in total. The quantitative estimate of drug-likeness (QED) is 0.925. The molecule has 0 aromatic heterocycles. The molecule has 0 aliphatic carbocycles. The molecule has 1 aliphatic rings. The van der Waals surface area contributed by atoms with E-state index >= 15 is 0 Å². The Balaban J connectivity index is 1.69. The number of hydrogen-bond acceptors (Lipinski definition) is 2. The van der Waals surface area contributed by atoms with Crippen LogP contribution in [0.3, 0.4) is 0 Å². The highest BCUT2D eigenvalue weighted by Gasteiger charge is 2.12. The summed E-state index contributed by atoms with van der Waals surface area (Å²) in [5, 5.41) is 0.743. The maximum absolute atomic E-state index is 6.33. The Labute approximate surface area is 131 Å². The van der Waals surface area contributed by atoms with Crippen LogP contribution < -0.4 is 5.73 Å². The van der Waals surface area contributed by atoms with Crippen LogP contribution in [0.5, 0.6) is 0 Å². The minimum Gasteiger partial charge on any atom is -0.320 e. The van der Waals surface area contributed by atoms with Gasteiger partial charge in [0.25, 0.3) is 0 Å². The van der Waals surface area contributed by atoms with Crippen molar-refractivity contribution in [3.8, 4) is 0 Å². The average Bonchev–Trinajstić information content (AvgIpc) is 3.01. The van der Waals surface area contributed by atoms with E-state index < -0.39 is 0 Å². The highest BCUT2D eigenvalue weighted by atomic mass is 35.5. The first-order valence-corrected chi connectivity index (χ1v) is 7.92. The van der Waals surface area contributed by atoms with E-state index in [-0.39, 0.29) is 6.04 Å².